The maximum Gasteiger partial charge on any atom is 0.305 e. The van der Waals surface area contributed by atoms with E-state index in [4.69, 9.17) is 24.4 Å². The second-order valence-corrected chi connectivity index (χ2v) is 8.21. The third kappa shape index (κ3) is 15.9. The first kappa shape index (κ1) is 31.2. The Labute approximate surface area is 194 Å². The van der Waals surface area contributed by atoms with Crippen LogP contribution < -0.4 is 0 Å². The minimum absolute atomic E-state index is 0.0899. The first-order chi connectivity index (χ1) is 15.5. The summed E-state index contributed by atoms with van der Waals surface area (Å²) in [4.78, 5) is 11.3. The number of carbonyl (C=O) groups excluding carboxylic acids is 1. The number of aliphatic hydroxyl groups excluding tert-OH is 4. The fraction of sp³-hybridized carbons (Fsp3) is 0.958. The van der Waals surface area contributed by atoms with Gasteiger partial charge in [-0.2, -0.15) is 0 Å². The van der Waals surface area contributed by atoms with Crippen molar-refractivity contribution in [1.29, 1.82) is 0 Å². The van der Waals surface area contributed by atoms with Crippen LogP contribution >= 0.6 is 0 Å². The second kappa shape index (κ2) is 22.0. The largest absolute Gasteiger partial charge is 0.466 e. The van der Waals surface area contributed by atoms with Crippen LogP contribution in [0.5, 0.6) is 0 Å². The zero-order chi connectivity index (χ0) is 24.0. The topological polar surface area (TPSA) is 126 Å². The predicted octanol–water partition coefficient (Wildman–Crippen LogP) is 2.73. The molecule has 0 aromatic carbocycles. The highest BCUT2D eigenvalue weighted by atomic mass is 16.5. The highest BCUT2D eigenvalue weighted by Crippen LogP contribution is 2.20. The molecule has 32 heavy (non-hydrogen) atoms. The summed E-state index contributed by atoms with van der Waals surface area (Å²) < 4.78 is 16.2. The highest BCUT2D eigenvalue weighted by Gasteiger charge is 2.33. The Bertz CT molecular complexity index is 421. The van der Waals surface area contributed by atoms with Crippen molar-refractivity contribution in [2.24, 2.45) is 0 Å². The van der Waals surface area contributed by atoms with Gasteiger partial charge in [-0.25, -0.2) is 0 Å². The Morgan fingerprint density at radius 3 is 1.66 bits per heavy atom. The van der Waals surface area contributed by atoms with Crippen LogP contribution in [0.3, 0.4) is 0 Å². The SMILES string of the molecule is CCCCCCC(OCCO)C(O)C(O)C(CCCCCCCC(=O)OCC)OCCO. The first-order valence-electron chi connectivity index (χ1n) is 12.5. The summed E-state index contributed by atoms with van der Waals surface area (Å²) in [6.07, 6.45) is 6.68. The molecule has 0 heterocycles. The Kier molecular flexibility index (Phi) is 21.5. The molecule has 0 amide bonds. The van der Waals surface area contributed by atoms with Gasteiger partial charge in [0.1, 0.15) is 12.2 Å². The minimum atomic E-state index is -1.14. The summed E-state index contributed by atoms with van der Waals surface area (Å²) >= 11 is 0. The van der Waals surface area contributed by atoms with Crippen molar-refractivity contribution in [2.45, 2.75) is 115 Å². The number of ether oxygens (including phenoxy) is 3. The summed E-state index contributed by atoms with van der Waals surface area (Å²) in [5.74, 6) is -0.158. The summed E-state index contributed by atoms with van der Waals surface area (Å²) in [7, 11) is 0. The van der Waals surface area contributed by atoms with Gasteiger partial charge in [0, 0.05) is 6.42 Å². The molecule has 0 fully saturated rings. The van der Waals surface area contributed by atoms with E-state index in [-0.39, 0.29) is 32.4 Å². The summed E-state index contributed by atoms with van der Waals surface area (Å²) in [6, 6.07) is 0. The number of unbranched alkanes of at least 4 members (excludes halogenated alkanes) is 7. The standard InChI is InChI=1S/C24H48O8/c1-3-5-6-10-13-20(31-18-16-25)23(28)24(29)21(32-19-17-26)14-11-8-7-9-12-15-22(27)30-4-2/h20-21,23-26,28-29H,3-19H2,1-2H3. The molecule has 0 rings (SSSR count). The number of rotatable bonds is 23. The van der Waals surface area contributed by atoms with Crippen LogP contribution in [0.25, 0.3) is 0 Å². The minimum Gasteiger partial charge on any atom is -0.466 e. The van der Waals surface area contributed by atoms with Crippen molar-refractivity contribution in [2.75, 3.05) is 33.0 Å². The summed E-state index contributed by atoms with van der Waals surface area (Å²) in [5.41, 5.74) is 0. The molecule has 0 bridgehead atoms. The van der Waals surface area contributed by atoms with Gasteiger partial charge in [-0.15, -0.1) is 0 Å². The van der Waals surface area contributed by atoms with Gasteiger partial charge in [0.25, 0.3) is 0 Å². The fourth-order valence-electron chi connectivity index (χ4n) is 3.70. The van der Waals surface area contributed by atoms with E-state index >= 15 is 0 Å². The highest BCUT2D eigenvalue weighted by molar-refractivity contribution is 5.69. The smallest absolute Gasteiger partial charge is 0.305 e. The van der Waals surface area contributed by atoms with Crippen LogP contribution in [-0.4, -0.2) is 83.8 Å². The van der Waals surface area contributed by atoms with Crippen LogP contribution in [0.4, 0.5) is 0 Å². The van der Waals surface area contributed by atoms with E-state index in [2.05, 4.69) is 6.92 Å². The average Bonchev–Trinajstić information content (AvgIpc) is 2.79. The van der Waals surface area contributed by atoms with Crippen LogP contribution in [0, 0.1) is 0 Å². The van der Waals surface area contributed by atoms with E-state index in [9.17, 15) is 15.0 Å². The molecule has 8 heteroatoms. The number of esters is 1. The predicted molar refractivity (Wildman–Crippen MR) is 123 cm³/mol. The Morgan fingerprint density at radius 2 is 1.19 bits per heavy atom. The van der Waals surface area contributed by atoms with E-state index in [1.165, 1.54) is 0 Å². The fourth-order valence-corrected chi connectivity index (χ4v) is 3.70. The lowest BCUT2D eigenvalue weighted by Gasteiger charge is -2.32. The number of carbonyl (C=O) groups is 1. The van der Waals surface area contributed by atoms with Gasteiger partial charge in [-0.05, 0) is 26.2 Å². The normalized spacial score (nSPS) is 15.3. The molecule has 0 aromatic heterocycles. The van der Waals surface area contributed by atoms with Crippen LogP contribution in [-0.2, 0) is 19.0 Å². The van der Waals surface area contributed by atoms with Gasteiger partial charge in [0.15, 0.2) is 0 Å². The van der Waals surface area contributed by atoms with Crippen LogP contribution in [0.15, 0.2) is 0 Å². The molecule has 8 nitrogen and oxygen atoms in total. The van der Waals surface area contributed by atoms with E-state index in [0.29, 0.717) is 25.9 Å². The van der Waals surface area contributed by atoms with Crippen molar-refractivity contribution >= 4 is 5.97 Å². The number of hydrogen-bond donors (Lipinski definition) is 4. The van der Waals surface area contributed by atoms with Crippen molar-refractivity contribution in [1.82, 2.24) is 0 Å². The quantitative estimate of drug-likeness (QED) is 0.134. The molecule has 0 saturated heterocycles. The molecule has 0 aromatic rings. The van der Waals surface area contributed by atoms with Gasteiger partial charge >= 0.3 is 5.97 Å². The average molecular weight is 465 g/mol. The molecule has 4 unspecified atom stereocenters. The Balaban J connectivity index is 4.53. The van der Waals surface area contributed by atoms with Crippen molar-refractivity contribution in [3.05, 3.63) is 0 Å². The molecule has 0 radical (unpaired) electrons. The van der Waals surface area contributed by atoms with Gasteiger partial charge in [-0.3, -0.25) is 4.79 Å². The number of hydrogen-bond acceptors (Lipinski definition) is 8. The van der Waals surface area contributed by atoms with Gasteiger partial charge in [-0.1, -0.05) is 58.3 Å². The van der Waals surface area contributed by atoms with Gasteiger partial charge in [0.05, 0.1) is 45.2 Å². The summed E-state index contributed by atoms with van der Waals surface area (Å²) in [6.45, 7) is 4.23. The maximum absolute atomic E-state index is 11.3. The molecule has 0 spiro atoms. The van der Waals surface area contributed by atoms with Crippen molar-refractivity contribution in [3.63, 3.8) is 0 Å². The third-order valence-corrected chi connectivity index (χ3v) is 5.48. The van der Waals surface area contributed by atoms with Crippen molar-refractivity contribution in [3.8, 4) is 0 Å². The van der Waals surface area contributed by atoms with E-state index in [1.807, 2.05) is 0 Å². The molecular formula is C24H48O8. The number of aliphatic hydroxyl groups is 4. The second-order valence-electron chi connectivity index (χ2n) is 8.21. The molecule has 0 aliphatic rings. The lowest BCUT2D eigenvalue weighted by Crippen LogP contribution is -2.47. The lowest BCUT2D eigenvalue weighted by atomic mass is 9.95. The molecule has 0 aliphatic heterocycles. The Morgan fingerprint density at radius 1 is 0.719 bits per heavy atom. The molecule has 4 atom stereocenters. The van der Waals surface area contributed by atoms with E-state index in [0.717, 1.165) is 57.8 Å². The summed E-state index contributed by atoms with van der Waals surface area (Å²) in [5, 5.41) is 39.7. The Hall–Kier alpha value is -0.770. The van der Waals surface area contributed by atoms with Crippen LogP contribution in [0.1, 0.15) is 90.9 Å². The van der Waals surface area contributed by atoms with E-state index in [1.54, 1.807) is 6.92 Å². The molecule has 0 aliphatic carbocycles. The molecule has 4 N–H and O–H groups in total. The third-order valence-electron chi connectivity index (χ3n) is 5.48. The zero-order valence-corrected chi connectivity index (χ0v) is 20.3. The van der Waals surface area contributed by atoms with Gasteiger partial charge < -0.3 is 34.6 Å². The lowest BCUT2D eigenvalue weighted by molar-refractivity contribution is -0.145. The van der Waals surface area contributed by atoms with E-state index < -0.39 is 24.4 Å². The molecular weight excluding hydrogens is 416 g/mol. The maximum atomic E-state index is 11.3. The van der Waals surface area contributed by atoms with Crippen molar-refractivity contribution < 1.29 is 39.4 Å². The monoisotopic (exact) mass is 464 g/mol. The van der Waals surface area contributed by atoms with Crippen LogP contribution in [0.2, 0.25) is 0 Å². The zero-order valence-electron chi connectivity index (χ0n) is 20.3. The molecule has 192 valence electrons. The van der Waals surface area contributed by atoms with Gasteiger partial charge in [0.2, 0.25) is 0 Å². The first-order valence-corrected chi connectivity index (χ1v) is 12.5. The molecule has 0 saturated carbocycles.